The van der Waals surface area contributed by atoms with Crippen LogP contribution in [0.15, 0.2) is 10.5 Å². The van der Waals surface area contributed by atoms with Crippen molar-refractivity contribution < 1.29 is 8.78 Å². The van der Waals surface area contributed by atoms with Gasteiger partial charge in [0.15, 0.2) is 0 Å². The predicted octanol–water partition coefficient (Wildman–Crippen LogP) is 3.02. The smallest absolute Gasteiger partial charge is 0.148 e. The van der Waals surface area contributed by atoms with E-state index in [2.05, 4.69) is 20.9 Å². The molecule has 2 aromatic rings. The minimum Gasteiger partial charge on any atom is -0.356 e. The molecule has 2 rings (SSSR count). The fourth-order valence-corrected chi connectivity index (χ4v) is 2.31. The molecule has 2 nitrogen and oxygen atoms in total. The van der Waals surface area contributed by atoms with Crippen LogP contribution in [0.5, 0.6) is 0 Å². The lowest BCUT2D eigenvalue weighted by Gasteiger charge is -2.02. The van der Waals surface area contributed by atoms with Gasteiger partial charge in [0.25, 0.3) is 0 Å². The molecule has 0 amide bonds. The van der Waals surface area contributed by atoms with Crippen molar-refractivity contribution in [1.29, 1.82) is 0 Å². The molecule has 0 fully saturated rings. The number of benzene rings is 1. The van der Waals surface area contributed by atoms with Crippen molar-refractivity contribution in [3.8, 4) is 0 Å². The lowest BCUT2D eigenvalue weighted by atomic mass is 10.1. The van der Waals surface area contributed by atoms with E-state index in [1.54, 1.807) is 6.92 Å². The van der Waals surface area contributed by atoms with Crippen LogP contribution in [0, 0.1) is 18.6 Å². The van der Waals surface area contributed by atoms with E-state index in [9.17, 15) is 8.78 Å². The number of aryl methyl sites for hydroxylation is 1. The first kappa shape index (κ1) is 11.5. The highest BCUT2D eigenvalue weighted by molar-refractivity contribution is 9.10. The normalized spacial score (nSPS) is 11.3. The van der Waals surface area contributed by atoms with E-state index in [4.69, 9.17) is 5.73 Å². The topological polar surface area (TPSA) is 41.8 Å². The van der Waals surface area contributed by atoms with Crippen molar-refractivity contribution >= 4 is 26.8 Å². The number of rotatable bonds is 2. The van der Waals surface area contributed by atoms with Crippen molar-refractivity contribution in [3.63, 3.8) is 0 Å². The van der Waals surface area contributed by atoms with Crippen LogP contribution in [0.4, 0.5) is 8.78 Å². The summed E-state index contributed by atoms with van der Waals surface area (Å²) in [5.41, 5.74) is 7.18. The van der Waals surface area contributed by atoms with Gasteiger partial charge in [-0.15, -0.1) is 0 Å². The summed E-state index contributed by atoms with van der Waals surface area (Å²) in [5.74, 6) is -0.904. The van der Waals surface area contributed by atoms with E-state index in [0.29, 0.717) is 18.4 Å². The predicted molar refractivity (Wildman–Crippen MR) is 63.4 cm³/mol. The zero-order valence-corrected chi connectivity index (χ0v) is 10.3. The summed E-state index contributed by atoms with van der Waals surface area (Å²) in [6.07, 6.45) is 0.526. The lowest BCUT2D eigenvalue weighted by molar-refractivity contribution is 0.610. The zero-order chi connectivity index (χ0) is 11.9. The van der Waals surface area contributed by atoms with Crippen molar-refractivity contribution in [3.05, 3.63) is 33.4 Å². The summed E-state index contributed by atoms with van der Waals surface area (Å²) in [4.78, 5) is 2.86. The quantitative estimate of drug-likeness (QED) is 0.820. The van der Waals surface area contributed by atoms with Crippen LogP contribution in [-0.2, 0) is 6.42 Å². The number of nitrogens with one attached hydrogen (secondary N) is 1. The molecule has 0 aliphatic carbocycles. The highest BCUT2D eigenvalue weighted by atomic mass is 79.9. The second-order valence-corrected chi connectivity index (χ2v) is 4.53. The lowest BCUT2D eigenvalue weighted by Crippen LogP contribution is -2.03. The molecular weight excluding hydrogens is 278 g/mol. The number of hydrogen-bond acceptors (Lipinski definition) is 1. The minimum absolute atomic E-state index is 0.134. The number of aromatic amines is 1. The summed E-state index contributed by atoms with van der Waals surface area (Å²) in [5, 5.41) is 0.301. The maximum atomic E-state index is 13.9. The Kier molecular flexibility index (Phi) is 2.99. The molecule has 0 saturated carbocycles. The highest BCUT2D eigenvalue weighted by Gasteiger charge is 2.17. The Morgan fingerprint density at radius 1 is 1.44 bits per heavy atom. The van der Waals surface area contributed by atoms with Gasteiger partial charge in [0.2, 0.25) is 0 Å². The maximum absolute atomic E-state index is 13.9. The van der Waals surface area contributed by atoms with Gasteiger partial charge in [-0.3, -0.25) is 0 Å². The third-order valence-electron chi connectivity index (χ3n) is 2.63. The van der Waals surface area contributed by atoms with Crippen molar-refractivity contribution in [1.82, 2.24) is 4.98 Å². The zero-order valence-electron chi connectivity index (χ0n) is 8.70. The minimum atomic E-state index is -0.463. The second-order valence-electron chi connectivity index (χ2n) is 3.67. The SMILES string of the molecule is Cc1[nH]c2c(F)cc(Br)c(F)c2c1CCN. The summed E-state index contributed by atoms with van der Waals surface area (Å²) in [7, 11) is 0. The highest BCUT2D eigenvalue weighted by Crippen LogP contribution is 2.31. The number of nitrogens with two attached hydrogens (primary N) is 1. The van der Waals surface area contributed by atoms with E-state index in [1.165, 1.54) is 0 Å². The fourth-order valence-electron chi connectivity index (χ4n) is 1.91. The van der Waals surface area contributed by atoms with Gasteiger partial charge in [-0.25, -0.2) is 8.78 Å². The maximum Gasteiger partial charge on any atom is 0.148 e. The van der Waals surface area contributed by atoms with Gasteiger partial charge in [0.1, 0.15) is 11.6 Å². The van der Waals surface area contributed by atoms with Gasteiger partial charge in [0.05, 0.1) is 9.99 Å². The number of H-pyrrole nitrogens is 1. The Morgan fingerprint density at radius 2 is 2.12 bits per heavy atom. The van der Waals surface area contributed by atoms with Crippen LogP contribution in [0.25, 0.3) is 10.9 Å². The Labute approximate surface area is 100.0 Å². The van der Waals surface area contributed by atoms with Gasteiger partial charge in [-0.1, -0.05) is 0 Å². The summed E-state index contributed by atoms with van der Waals surface area (Å²) in [6, 6.07) is 1.12. The Hall–Kier alpha value is -0.940. The molecule has 1 heterocycles. The number of hydrogen-bond donors (Lipinski definition) is 2. The molecule has 0 spiro atoms. The first-order valence-corrected chi connectivity index (χ1v) is 5.70. The van der Waals surface area contributed by atoms with Crippen LogP contribution < -0.4 is 5.73 Å². The number of fused-ring (bicyclic) bond motifs is 1. The molecule has 1 aromatic heterocycles. The van der Waals surface area contributed by atoms with Gasteiger partial charge in [0, 0.05) is 11.1 Å². The Morgan fingerprint density at radius 3 is 2.75 bits per heavy atom. The summed E-state index contributed by atoms with van der Waals surface area (Å²) >= 11 is 3.00. The number of halogens is 3. The molecule has 0 atom stereocenters. The molecule has 5 heteroatoms. The van der Waals surface area contributed by atoms with Crippen LogP contribution >= 0.6 is 15.9 Å². The van der Waals surface area contributed by atoms with E-state index >= 15 is 0 Å². The second kappa shape index (κ2) is 4.14. The molecular formula is C11H11BrF2N2. The fraction of sp³-hybridized carbons (Fsp3) is 0.273. The van der Waals surface area contributed by atoms with Crippen LogP contribution in [-0.4, -0.2) is 11.5 Å². The first-order valence-electron chi connectivity index (χ1n) is 4.91. The van der Waals surface area contributed by atoms with Gasteiger partial charge < -0.3 is 10.7 Å². The summed E-state index contributed by atoms with van der Waals surface area (Å²) < 4.78 is 27.6. The molecule has 3 N–H and O–H groups in total. The van der Waals surface area contributed by atoms with Crippen LogP contribution in [0.3, 0.4) is 0 Å². The average Bonchev–Trinajstić information content (AvgIpc) is 2.55. The van der Waals surface area contributed by atoms with Crippen molar-refractivity contribution in [2.45, 2.75) is 13.3 Å². The molecule has 16 heavy (non-hydrogen) atoms. The van der Waals surface area contributed by atoms with E-state index in [0.717, 1.165) is 17.3 Å². The standard InChI is InChI=1S/C11H11BrF2N2/c1-5-6(2-3-15)9-10(14)7(12)4-8(13)11(9)16-5/h4,16H,2-3,15H2,1H3. The Balaban J connectivity index is 2.85. The molecule has 0 aliphatic rings. The van der Waals surface area contributed by atoms with Crippen LogP contribution in [0.1, 0.15) is 11.3 Å². The van der Waals surface area contributed by atoms with Crippen LogP contribution in [0.2, 0.25) is 0 Å². The number of aromatic nitrogens is 1. The molecule has 86 valence electrons. The molecule has 0 aliphatic heterocycles. The average molecular weight is 289 g/mol. The third-order valence-corrected chi connectivity index (χ3v) is 3.21. The molecule has 1 aromatic carbocycles. The van der Waals surface area contributed by atoms with Gasteiger partial charge in [-0.2, -0.15) is 0 Å². The van der Waals surface area contributed by atoms with E-state index in [1.807, 2.05) is 0 Å². The summed E-state index contributed by atoms with van der Waals surface area (Å²) in [6.45, 7) is 2.19. The molecule has 0 unspecified atom stereocenters. The Bertz CT molecular complexity index is 549. The van der Waals surface area contributed by atoms with Gasteiger partial charge in [-0.05, 0) is 47.4 Å². The first-order chi connectivity index (χ1) is 7.56. The third kappa shape index (κ3) is 1.64. The largest absolute Gasteiger partial charge is 0.356 e. The molecule has 0 radical (unpaired) electrons. The molecule has 0 bridgehead atoms. The monoisotopic (exact) mass is 288 g/mol. The molecule has 0 saturated heterocycles. The van der Waals surface area contributed by atoms with Gasteiger partial charge >= 0.3 is 0 Å². The van der Waals surface area contributed by atoms with Crippen molar-refractivity contribution in [2.75, 3.05) is 6.54 Å². The van der Waals surface area contributed by atoms with E-state index in [-0.39, 0.29) is 9.99 Å². The van der Waals surface area contributed by atoms with E-state index < -0.39 is 11.6 Å². The van der Waals surface area contributed by atoms with Crippen molar-refractivity contribution in [2.24, 2.45) is 5.73 Å².